The van der Waals surface area contributed by atoms with E-state index < -0.39 is 0 Å². The topological polar surface area (TPSA) is 37.8 Å². The molecule has 0 bridgehead atoms. The quantitative estimate of drug-likeness (QED) is 0.886. The van der Waals surface area contributed by atoms with Crippen LogP contribution in [0.2, 0.25) is 0 Å². The van der Waals surface area contributed by atoms with Gasteiger partial charge in [-0.15, -0.1) is 0 Å². The first-order valence-electron chi connectivity index (χ1n) is 7.33. The minimum absolute atomic E-state index is 0.818. The van der Waals surface area contributed by atoms with Crippen LogP contribution in [0.3, 0.4) is 0 Å². The molecule has 1 aromatic carbocycles. The Balaban J connectivity index is 2.48. The van der Waals surface area contributed by atoms with Gasteiger partial charge in [-0.25, -0.2) is 9.97 Å². The maximum Gasteiger partial charge on any atom is 0.161 e. The van der Waals surface area contributed by atoms with Crippen LogP contribution in [0.5, 0.6) is 0 Å². The summed E-state index contributed by atoms with van der Waals surface area (Å²) in [5.74, 6) is 1.74. The van der Waals surface area contributed by atoms with Crippen LogP contribution in [-0.4, -0.2) is 16.5 Å². The summed E-state index contributed by atoms with van der Waals surface area (Å²) < 4.78 is 0. The van der Waals surface area contributed by atoms with E-state index in [0.717, 1.165) is 42.3 Å². The number of anilines is 1. The first-order valence-corrected chi connectivity index (χ1v) is 7.33. The molecule has 2 aromatic rings. The van der Waals surface area contributed by atoms with Gasteiger partial charge in [0.15, 0.2) is 5.82 Å². The Hall–Kier alpha value is -1.90. The van der Waals surface area contributed by atoms with Gasteiger partial charge >= 0.3 is 0 Å². The van der Waals surface area contributed by atoms with Crippen LogP contribution in [0.15, 0.2) is 24.3 Å². The molecule has 0 saturated carbocycles. The Morgan fingerprint density at radius 1 is 0.950 bits per heavy atom. The molecule has 0 unspecified atom stereocenters. The van der Waals surface area contributed by atoms with E-state index >= 15 is 0 Å². The summed E-state index contributed by atoms with van der Waals surface area (Å²) in [5.41, 5.74) is 4.69. The molecular formula is C17H23N3. The fourth-order valence-corrected chi connectivity index (χ4v) is 2.39. The van der Waals surface area contributed by atoms with Crippen molar-refractivity contribution in [3.05, 3.63) is 41.1 Å². The molecule has 0 aliphatic heterocycles. The van der Waals surface area contributed by atoms with E-state index in [0.29, 0.717) is 0 Å². The Morgan fingerprint density at radius 2 is 1.65 bits per heavy atom. The van der Waals surface area contributed by atoms with E-state index in [2.05, 4.69) is 62.3 Å². The van der Waals surface area contributed by atoms with Crippen molar-refractivity contribution in [1.29, 1.82) is 0 Å². The van der Waals surface area contributed by atoms with Crippen LogP contribution in [0.1, 0.15) is 37.1 Å². The van der Waals surface area contributed by atoms with Crippen molar-refractivity contribution in [2.24, 2.45) is 0 Å². The van der Waals surface area contributed by atoms with Crippen LogP contribution < -0.4 is 5.32 Å². The van der Waals surface area contributed by atoms with Crippen molar-refractivity contribution in [2.45, 2.75) is 40.5 Å². The van der Waals surface area contributed by atoms with E-state index in [-0.39, 0.29) is 0 Å². The zero-order valence-electron chi connectivity index (χ0n) is 12.8. The minimum atomic E-state index is 0.818. The molecule has 3 heteroatoms. The molecule has 20 heavy (non-hydrogen) atoms. The van der Waals surface area contributed by atoms with Gasteiger partial charge in [-0.2, -0.15) is 0 Å². The molecule has 0 aliphatic rings. The molecule has 0 amide bonds. The van der Waals surface area contributed by atoms with Gasteiger partial charge in [0.2, 0.25) is 0 Å². The zero-order valence-corrected chi connectivity index (χ0v) is 12.8. The van der Waals surface area contributed by atoms with Gasteiger partial charge in [0.1, 0.15) is 5.82 Å². The standard InChI is InChI=1S/C17H23N3/c1-5-7-15-11-16(18-6-2)20-17(19-15)14-9-12(3)8-13(4)10-14/h8-11H,5-7H2,1-4H3,(H,18,19,20). The van der Waals surface area contributed by atoms with Gasteiger partial charge < -0.3 is 5.32 Å². The molecule has 1 aromatic heterocycles. The minimum Gasteiger partial charge on any atom is -0.370 e. The average molecular weight is 269 g/mol. The van der Waals surface area contributed by atoms with E-state index in [4.69, 9.17) is 4.98 Å². The van der Waals surface area contributed by atoms with Crippen LogP contribution in [0, 0.1) is 13.8 Å². The average Bonchev–Trinajstić information content (AvgIpc) is 2.38. The lowest BCUT2D eigenvalue weighted by atomic mass is 10.1. The molecule has 0 radical (unpaired) electrons. The monoisotopic (exact) mass is 269 g/mol. The zero-order chi connectivity index (χ0) is 14.5. The van der Waals surface area contributed by atoms with E-state index in [1.807, 2.05) is 0 Å². The highest BCUT2D eigenvalue weighted by atomic mass is 15.0. The molecule has 3 nitrogen and oxygen atoms in total. The van der Waals surface area contributed by atoms with Crippen molar-refractivity contribution in [3.63, 3.8) is 0 Å². The molecular weight excluding hydrogens is 246 g/mol. The summed E-state index contributed by atoms with van der Waals surface area (Å²) >= 11 is 0. The number of aryl methyl sites for hydroxylation is 3. The highest BCUT2D eigenvalue weighted by molar-refractivity contribution is 5.60. The Morgan fingerprint density at radius 3 is 2.25 bits per heavy atom. The number of rotatable bonds is 5. The van der Waals surface area contributed by atoms with Crippen LogP contribution in [-0.2, 0) is 6.42 Å². The maximum atomic E-state index is 4.71. The summed E-state index contributed by atoms with van der Waals surface area (Å²) in [6, 6.07) is 8.52. The molecule has 0 spiro atoms. The first kappa shape index (κ1) is 14.5. The Labute approximate surface area is 121 Å². The van der Waals surface area contributed by atoms with E-state index in [9.17, 15) is 0 Å². The second kappa shape index (κ2) is 6.51. The smallest absolute Gasteiger partial charge is 0.161 e. The molecule has 0 saturated heterocycles. The molecule has 2 rings (SSSR count). The largest absolute Gasteiger partial charge is 0.370 e. The maximum absolute atomic E-state index is 4.71. The predicted molar refractivity (Wildman–Crippen MR) is 85.1 cm³/mol. The molecule has 1 N–H and O–H groups in total. The summed E-state index contributed by atoms with van der Waals surface area (Å²) in [7, 11) is 0. The fraction of sp³-hybridized carbons (Fsp3) is 0.412. The Kier molecular flexibility index (Phi) is 4.72. The highest BCUT2D eigenvalue weighted by Gasteiger charge is 2.07. The first-order chi connectivity index (χ1) is 9.62. The summed E-state index contributed by atoms with van der Waals surface area (Å²) in [6.45, 7) is 9.34. The summed E-state index contributed by atoms with van der Waals surface area (Å²) in [6.07, 6.45) is 2.08. The van der Waals surface area contributed by atoms with Crippen molar-refractivity contribution < 1.29 is 0 Å². The van der Waals surface area contributed by atoms with Gasteiger partial charge in [-0.05, 0) is 39.3 Å². The normalized spacial score (nSPS) is 10.6. The molecule has 0 atom stereocenters. The molecule has 0 fully saturated rings. The molecule has 0 aliphatic carbocycles. The number of nitrogens with one attached hydrogen (secondary N) is 1. The number of aromatic nitrogens is 2. The lowest BCUT2D eigenvalue weighted by molar-refractivity contribution is 0.875. The lowest BCUT2D eigenvalue weighted by Gasteiger charge is -2.10. The lowest BCUT2D eigenvalue weighted by Crippen LogP contribution is -2.04. The second-order valence-electron chi connectivity index (χ2n) is 5.22. The molecule has 1 heterocycles. The van der Waals surface area contributed by atoms with Crippen molar-refractivity contribution >= 4 is 5.82 Å². The summed E-state index contributed by atoms with van der Waals surface area (Å²) in [5, 5.41) is 3.29. The third kappa shape index (κ3) is 3.56. The fourth-order valence-electron chi connectivity index (χ4n) is 2.39. The van der Waals surface area contributed by atoms with Crippen LogP contribution >= 0.6 is 0 Å². The Bertz CT molecular complexity index is 546. The SMILES string of the molecule is CCCc1cc(NCC)nc(-c2cc(C)cc(C)c2)n1. The second-order valence-corrected chi connectivity index (χ2v) is 5.22. The van der Waals surface area contributed by atoms with Gasteiger partial charge in [0.05, 0.1) is 0 Å². The number of hydrogen-bond donors (Lipinski definition) is 1. The predicted octanol–water partition coefficient (Wildman–Crippen LogP) is 4.14. The number of hydrogen-bond acceptors (Lipinski definition) is 3. The highest BCUT2D eigenvalue weighted by Crippen LogP contribution is 2.21. The molecule has 106 valence electrons. The van der Waals surface area contributed by atoms with Crippen LogP contribution in [0.4, 0.5) is 5.82 Å². The van der Waals surface area contributed by atoms with Gasteiger partial charge in [0, 0.05) is 23.9 Å². The van der Waals surface area contributed by atoms with E-state index in [1.54, 1.807) is 0 Å². The van der Waals surface area contributed by atoms with Crippen molar-refractivity contribution in [1.82, 2.24) is 9.97 Å². The number of benzene rings is 1. The van der Waals surface area contributed by atoms with Crippen molar-refractivity contribution in [2.75, 3.05) is 11.9 Å². The third-order valence-electron chi connectivity index (χ3n) is 3.12. The van der Waals surface area contributed by atoms with Gasteiger partial charge in [-0.3, -0.25) is 0 Å². The van der Waals surface area contributed by atoms with Gasteiger partial charge in [-0.1, -0.05) is 30.5 Å². The third-order valence-corrected chi connectivity index (χ3v) is 3.12. The van der Waals surface area contributed by atoms with E-state index in [1.165, 1.54) is 11.1 Å². The summed E-state index contributed by atoms with van der Waals surface area (Å²) in [4.78, 5) is 9.34. The van der Waals surface area contributed by atoms with Crippen LogP contribution in [0.25, 0.3) is 11.4 Å². The van der Waals surface area contributed by atoms with Gasteiger partial charge in [0.25, 0.3) is 0 Å². The van der Waals surface area contributed by atoms with Crippen molar-refractivity contribution in [3.8, 4) is 11.4 Å². The number of nitrogens with zero attached hydrogens (tertiary/aromatic N) is 2.